The lowest BCUT2D eigenvalue weighted by atomic mass is 10.2. The van der Waals surface area contributed by atoms with Gasteiger partial charge in [0.1, 0.15) is 11.5 Å². The molecule has 0 aliphatic carbocycles. The highest BCUT2D eigenvalue weighted by Crippen LogP contribution is 2.33. The highest BCUT2D eigenvalue weighted by atomic mass is 79.9. The van der Waals surface area contributed by atoms with Gasteiger partial charge in [-0.15, -0.1) is 0 Å². The number of hydrogen-bond donors (Lipinski definition) is 0. The van der Waals surface area contributed by atoms with Gasteiger partial charge in [0.25, 0.3) is 0 Å². The first-order valence-electron chi connectivity index (χ1n) is 4.97. The summed E-state index contributed by atoms with van der Waals surface area (Å²) in [6.45, 7) is 0. The average molecular weight is 421 g/mol. The second-order valence-corrected chi connectivity index (χ2v) is 5.75. The molecular formula is C13H9Br3O. The third-order valence-corrected chi connectivity index (χ3v) is 3.98. The summed E-state index contributed by atoms with van der Waals surface area (Å²) in [7, 11) is 0. The molecule has 0 aromatic heterocycles. The van der Waals surface area contributed by atoms with Crippen LogP contribution in [0, 0.1) is 0 Å². The van der Waals surface area contributed by atoms with Gasteiger partial charge in [0.15, 0.2) is 0 Å². The highest BCUT2D eigenvalue weighted by molar-refractivity contribution is 9.10. The zero-order chi connectivity index (χ0) is 12.3. The van der Waals surface area contributed by atoms with E-state index in [1.54, 1.807) is 0 Å². The van der Waals surface area contributed by atoms with Crippen LogP contribution in [0.25, 0.3) is 0 Å². The maximum Gasteiger partial charge on any atom is 0.141 e. The van der Waals surface area contributed by atoms with Gasteiger partial charge in [-0.1, -0.05) is 50.1 Å². The molecule has 0 bridgehead atoms. The molecule has 0 atom stereocenters. The Morgan fingerprint density at radius 3 is 2.41 bits per heavy atom. The Morgan fingerprint density at radius 1 is 0.941 bits per heavy atom. The van der Waals surface area contributed by atoms with Gasteiger partial charge in [-0.2, -0.15) is 0 Å². The molecule has 0 saturated heterocycles. The van der Waals surface area contributed by atoms with E-state index in [1.807, 2.05) is 42.5 Å². The molecule has 17 heavy (non-hydrogen) atoms. The molecule has 0 radical (unpaired) electrons. The van der Waals surface area contributed by atoms with E-state index in [1.165, 1.54) is 0 Å². The average Bonchev–Trinajstić information content (AvgIpc) is 2.32. The molecule has 0 aliphatic heterocycles. The molecular weight excluding hydrogens is 412 g/mol. The van der Waals surface area contributed by atoms with Gasteiger partial charge >= 0.3 is 0 Å². The molecule has 0 saturated carbocycles. The van der Waals surface area contributed by atoms with E-state index in [9.17, 15) is 0 Å². The van der Waals surface area contributed by atoms with E-state index in [2.05, 4.69) is 47.8 Å². The molecule has 2 aromatic rings. The SMILES string of the molecule is BrCc1ccc(Br)cc1Oc1ccccc1Br. The number of benzene rings is 2. The molecule has 2 aromatic carbocycles. The van der Waals surface area contributed by atoms with Gasteiger partial charge in [0.05, 0.1) is 4.47 Å². The predicted octanol–water partition coefficient (Wildman–Crippen LogP) is 5.90. The Kier molecular flexibility index (Phi) is 4.65. The first-order chi connectivity index (χ1) is 8.20. The Morgan fingerprint density at radius 2 is 1.71 bits per heavy atom. The molecule has 0 aliphatic rings. The number of rotatable bonds is 3. The lowest BCUT2D eigenvalue weighted by Crippen LogP contribution is -1.90. The topological polar surface area (TPSA) is 9.23 Å². The van der Waals surface area contributed by atoms with Crippen LogP contribution in [-0.4, -0.2) is 0 Å². The van der Waals surface area contributed by atoms with Crippen molar-refractivity contribution in [3.05, 3.63) is 57.0 Å². The molecule has 0 fully saturated rings. The van der Waals surface area contributed by atoms with Gasteiger partial charge in [-0.05, 0) is 40.2 Å². The predicted molar refractivity (Wildman–Crippen MR) is 81.0 cm³/mol. The third-order valence-electron chi connectivity index (χ3n) is 2.23. The van der Waals surface area contributed by atoms with Crippen LogP contribution in [0.15, 0.2) is 51.4 Å². The molecule has 88 valence electrons. The second kappa shape index (κ2) is 6.03. The fourth-order valence-electron chi connectivity index (χ4n) is 1.38. The van der Waals surface area contributed by atoms with E-state index in [0.29, 0.717) is 0 Å². The first kappa shape index (κ1) is 13.1. The lowest BCUT2D eigenvalue weighted by Gasteiger charge is -2.11. The lowest BCUT2D eigenvalue weighted by molar-refractivity contribution is 0.475. The minimum absolute atomic E-state index is 0.764. The fraction of sp³-hybridized carbons (Fsp3) is 0.0769. The standard InChI is InChI=1S/C13H9Br3O/c14-8-9-5-6-10(15)7-13(9)17-12-4-2-1-3-11(12)16/h1-7H,8H2. The van der Waals surface area contributed by atoms with Crippen molar-refractivity contribution in [2.75, 3.05) is 0 Å². The van der Waals surface area contributed by atoms with Gasteiger partial charge in [0.2, 0.25) is 0 Å². The Balaban J connectivity index is 2.35. The molecule has 0 N–H and O–H groups in total. The molecule has 0 heterocycles. The van der Waals surface area contributed by atoms with Crippen LogP contribution in [-0.2, 0) is 5.33 Å². The van der Waals surface area contributed by atoms with Crippen LogP contribution in [0.4, 0.5) is 0 Å². The maximum atomic E-state index is 5.91. The van der Waals surface area contributed by atoms with Crippen LogP contribution in [0.2, 0.25) is 0 Å². The smallest absolute Gasteiger partial charge is 0.141 e. The summed E-state index contributed by atoms with van der Waals surface area (Å²) < 4.78 is 7.85. The summed E-state index contributed by atoms with van der Waals surface area (Å²) >= 11 is 10.4. The second-order valence-electron chi connectivity index (χ2n) is 3.42. The van der Waals surface area contributed by atoms with Gasteiger partial charge < -0.3 is 4.74 Å². The Bertz CT molecular complexity index is 526. The van der Waals surface area contributed by atoms with Crippen LogP contribution >= 0.6 is 47.8 Å². The van der Waals surface area contributed by atoms with Crippen molar-refractivity contribution in [3.8, 4) is 11.5 Å². The molecule has 0 spiro atoms. The van der Waals surface area contributed by atoms with Crippen LogP contribution in [0.5, 0.6) is 11.5 Å². The van der Waals surface area contributed by atoms with Crippen molar-refractivity contribution in [2.45, 2.75) is 5.33 Å². The van der Waals surface area contributed by atoms with Crippen LogP contribution in [0.3, 0.4) is 0 Å². The van der Waals surface area contributed by atoms with E-state index in [-0.39, 0.29) is 0 Å². The van der Waals surface area contributed by atoms with Crippen LogP contribution in [0.1, 0.15) is 5.56 Å². The Hall–Kier alpha value is -0.320. The fourth-order valence-corrected chi connectivity index (χ4v) is 2.55. The summed E-state index contributed by atoms with van der Waals surface area (Å²) in [5, 5.41) is 0.764. The first-order valence-corrected chi connectivity index (χ1v) is 7.68. The quantitative estimate of drug-likeness (QED) is 0.562. The van der Waals surface area contributed by atoms with Gasteiger partial charge in [-0.3, -0.25) is 0 Å². The van der Waals surface area contributed by atoms with Crippen molar-refractivity contribution < 1.29 is 4.74 Å². The van der Waals surface area contributed by atoms with E-state index < -0.39 is 0 Å². The van der Waals surface area contributed by atoms with Crippen LogP contribution < -0.4 is 4.74 Å². The number of alkyl halides is 1. The Labute approximate surface area is 126 Å². The van der Waals surface area contributed by atoms with Crippen molar-refractivity contribution in [2.24, 2.45) is 0 Å². The number of halogens is 3. The zero-order valence-corrected chi connectivity index (χ0v) is 13.5. The third kappa shape index (κ3) is 3.33. The maximum absolute atomic E-state index is 5.91. The normalized spacial score (nSPS) is 10.3. The largest absolute Gasteiger partial charge is 0.456 e. The molecule has 2 rings (SSSR count). The highest BCUT2D eigenvalue weighted by Gasteiger charge is 2.07. The van der Waals surface area contributed by atoms with Crippen molar-refractivity contribution in [1.82, 2.24) is 0 Å². The summed E-state index contributed by atoms with van der Waals surface area (Å²) in [5.74, 6) is 1.66. The number of para-hydroxylation sites is 1. The monoisotopic (exact) mass is 418 g/mol. The summed E-state index contributed by atoms with van der Waals surface area (Å²) in [5.41, 5.74) is 1.11. The van der Waals surface area contributed by atoms with Gasteiger partial charge in [0, 0.05) is 15.4 Å². The minimum Gasteiger partial charge on any atom is -0.456 e. The van der Waals surface area contributed by atoms with E-state index in [4.69, 9.17) is 4.74 Å². The number of ether oxygens (including phenoxy) is 1. The molecule has 0 amide bonds. The minimum atomic E-state index is 0.764. The summed E-state index contributed by atoms with van der Waals surface area (Å²) in [6.07, 6.45) is 0. The molecule has 4 heteroatoms. The van der Waals surface area contributed by atoms with Crippen molar-refractivity contribution >= 4 is 47.8 Å². The molecule has 1 nitrogen and oxygen atoms in total. The van der Waals surface area contributed by atoms with Gasteiger partial charge in [-0.25, -0.2) is 0 Å². The van der Waals surface area contributed by atoms with E-state index >= 15 is 0 Å². The zero-order valence-electron chi connectivity index (χ0n) is 8.79. The van der Waals surface area contributed by atoms with Crippen molar-refractivity contribution in [1.29, 1.82) is 0 Å². The summed E-state index contributed by atoms with van der Waals surface area (Å²) in [4.78, 5) is 0. The molecule has 0 unspecified atom stereocenters. The number of hydrogen-bond acceptors (Lipinski definition) is 1. The van der Waals surface area contributed by atoms with Crippen molar-refractivity contribution in [3.63, 3.8) is 0 Å². The summed E-state index contributed by atoms with van der Waals surface area (Å²) in [6, 6.07) is 13.8. The van der Waals surface area contributed by atoms with E-state index in [0.717, 1.165) is 31.3 Å².